The molecule has 0 bridgehead atoms. The molecule has 10 heteroatoms. The summed E-state index contributed by atoms with van der Waals surface area (Å²) in [5, 5.41) is 6.26. The molecular weight excluding hydrogens is 581 g/mol. The minimum atomic E-state index is -0.496. The van der Waals surface area contributed by atoms with Crippen molar-refractivity contribution >= 4 is 29.2 Å². The summed E-state index contributed by atoms with van der Waals surface area (Å²) in [6.45, 7) is 1.65. The number of rotatable bonds is 13. The standard InChI is InChI=1S/C33H34N4O4S2/c1-42-32-31-34-18-26(37(31)36-33(35-32)43-2)28-30(40-21-25-16-10-5-11-17-25)29(39-20-24-14-8-4-9-15-24)27(41-28)22-38-19-23-12-6-3-7-13-23/h3-18,27-30H,19-22H2,1-2H3/t27-,28?,29-,30+/m1/s1. The first-order chi connectivity index (χ1) is 21.2. The second-order valence-electron chi connectivity index (χ2n) is 10.1. The van der Waals surface area contributed by atoms with Crippen LogP contribution in [0.2, 0.25) is 0 Å². The van der Waals surface area contributed by atoms with E-state index in [0.29, 0.717) is 37.2 Å². The first kappa shape index (κ1) is 29.8. The highest BCUT2D eigenvalue weighted by Crippen LogP contribution is 2.39. The molecule has 1 aliphatic heterocycles. The van der Waals surface area contributed by atoms with Crippen molar-refractivity contribution in [3.63, 3.8) is 0 Å². The van der Waals surface area contributed by atoms with Crippen molar-refractivity contribution in [2.45, 2.75) is 54.4 Å². The van der Waals surface area contributed by atoms with Crippen molar-refractivity contribution in [3.8, 4) is 0 Å². The molecule has 1 saturated heterocycles. The van der Waals surface area contributed by atoms with Crippen molar-refractivity contribution in [2.24, 2.45) is 0 Å². The fraction of sp³-hybridized carbons (Fsp3) is 0.303. The van der Waals surface area contributed by atoms with E-state index in [2.05, 4.69) is 41.4 Å². The number of thioether (sulfide) groups is 2. The third-order valence-corrected chi connectivity index (χ3v) is 8.48. The Kier molecular flexibility index (Phi) is 10.0. The molecule has 0 saturated carbocycles. The predicted molar refractivity (Wildman–Crippen MR) is 168 cm³/mol. The van der Waals surface area contributed by atoms with Crippen LogP contribution in [-0.2, 0) is 38.8 Å². The normalized spacial score (nSPS) is 20.1. The molecule has 43 heavy (non-hydrogen) atoms. The topological polar surface area (TPSA) is 80.0 Å². The minimum Gasteiger partial charge on any atom is -0.374 e. The molecule has 222 valence electrons. The van der Waals surface area contributed by atoms with E-state index in [-0.39, 0.29) is 6.10 Å². The number of aromatic nitrogens is 4. The zero-order valence-electron chi connectivity index (χ0n) is 24.1. The second kappa shape index (κ2) is 14.5. The van der Waals surface area contributed by atoms with Crippen LogP contribution in [0.3, 0.4) is 0 Å². The Balaban J connectivity index is 1.33. The van der Waals surface area contributed by atoms with E-state index in [1.165, 1.54) is 11.8 Å². The van der Waals surface area contributed by atoms with Crippen LogP contribution in [0.4, 0.5) is 0 Å². The van der Waals surface area contributed by atoms with Crippen molar-refractivity contribution in [2.75, 3.05) is 19.1 Å². The Morgan fingerprint density at radius 3 is 1.91 bits per heavy atom. The highest BCUT2D eigenvalue weighted by molar-refractivity contribution is 7.99. The number of ether oxygens (including phenoxy) is 4. The van der Waals surface area contributed by atoms with Crippen LogP contribution in [0, 0.1) is 0 Å². The van der Waals surface area contributed by atoms with Crippen molar-refractivity contribution < 1.29 is 18.9 Å². The first-order valence-electron chi connectivity index (χ1n) is 14.2. The monoisotopic (exact) mass is 614 g/mol. The number of fused-ring (bicyclic) bond motifs is 1. The number of benzene rings is 3. The molecule has 2 aromatic heterocycles. The summed E-state index contributed by atoms with van der Waals surface area (Å²) >= 11 is 3.03. The molecule has 0 radical (unpaired) electrons. The largest absolute Gasteiger partial charge is 0.374 e. The van der Waals surface area contributed by atoms with Gasteiger partial charge in [0.2, 0.25) is 5.16 Å². The summed E-state index contributed by atoms with van der Waals surface area (Å²) in [6, 6.07) is 30.4. The zero-order chi connectivity index (χ0) is 29.4. The second-order valence-corrected chi connectivity index (χ2v) is 11.7. The summed E-state index contributed by atoms with van der Waals surface area (Å²) in [6.07, 6.45) is 4.05. The molecule has 3 aromatic carbocycles. The van der Waals surface area contributed by atoms with Gasteiger partial charge < -0.3 is 18.9 Å². The van der Waals surface area contributed by atoms with Crippen LogP contribution in [0.15, 0.2) is 107 Å². The summed E-state index contributed by atoms with van der Waals surface area (Å²) in [4.78, 5) is 9.36. The molecule has 0 amide bonds. The average Bonchev–Trinajstić information content (AvgIpc) is 3.64. The molecule has 8 nitrogen and oxygen atoms in total. The Labute approximate surface area is 260 Å². The van der Waals surface area contributed by atoms with E-state index in [4.69, 9.17) is 29.0 Å². The maximum atomic E-state index is 6.79. The summed E-state index contributed by atoms with van der Waals surface area (Å²) in [7, 11) is 0. The highest BCUT2D eigenvalue weighted by Gasteiger charge is 2.48. The molecule has 1 aliphatic rings. The van der Waals surface area contributed by atoms with Gasteiger partial charge in [-0.3, -0.25) is 0 Å². The Bertz CT molecular complexity index is 1590. The summed E-state index contributed by atoms with van der Waals surface area (Å²) in [5.74, 6) is 0. The lowest BCUT2D eigenvalue weighted by Crippen LogP contribution is -2.38. The van der Waals surface area contributed by atoms with Crippen LogP contribution >= 0.6 is 23.5 Å². The fourth-order valence-corrected chi connectivity index (χ4v) is 6.06. The van der Waals surface area contributed by atoms with Gasteiger partial charge in [0, 0.05) is 0 Å². The van der Waals surface area contributed by atoms with Gasteiger partial charge in [0.05, 0.1) is 38.3 Å². The highest BCUT2D eigenvalue weighted by atomic mass is 32.2. The van der Waals surface area contributed by atoms with Gasteiger partial charge >= 0.3 is 0 Å². The molecule has 0 spiro atoms. The van der Waals surface area contributed by atoms with E-state index in [1.807, 2.05) is 77.8 Å². The molecule has 5 aromatic rings. The average molecular weight is 615 g/mol. The molecule has 0 N–H and O–H groups in total. The predicted octanol–water partition coefficient (Wildman–Crippen LogP) is 6.40. The lowest BCUT2D eigenvalue weighted by atomic mass is 10.0. The lowest BCUT2D eigenvalue weighted by Gasteiger charge is -2.25. The van der Waals surface area contributed by atoms with Gasteiger partial charge in [0.25, 0.3) is 0 Å². The van der Waals surface area contributed by atoms with E-state index < -0.39 is 18.3 Å². The third kappa shape index (κ3) is 7.12. The molecule has 1 unspecified atom stereocenters. The quantitative estimate of drug-likeness (QED) is 0.140. The SMILES string of the molecule is CSc1nc(SC)c2ncc(C3O[C@H](COCc4ccccc4)[C@@H](OCc4ccccc4)[C@H]3OCc3ccccc3)n2n1. The number of nitrogens with zero attached hydrogens (tertiary/aromatic N) is 4. The van der Waals surface area contributed by atoms with Gasteiger partial charge in [0.15, 0.2) is 5.65 Å². The third-order valence-electron chi connectivity index (χ3n) is 7.28. The van der Waals surface area contributed by atoms with Gasteiger partial charge in [0.1, 0.15) is 29.4 Å². The van der Waals surface area contributed by atoms with Gasteiger partial charge in [-0.05, 0) is 29.2 Å². The number of imidazole rings is 1. The van der Waals surface area contributed by atoms with Crippen molar-refractivity contribution in [3.05, 3.63) is 120 Å². The van der Waals surface area contributed by atoms with Crippen LogP contribution in [0.1, 0.15) is 28.5 Å². The first-order valence-corrected chi connectivity index (χ1v) is 16.6. The zero-order valence-corrected chi connectivity index (χ0v) is 25.7. The molecular formula is C33H34N4O4S2. The number of hydrogen-bond acceptors (Lipinski definition) is 9. The summed E-state index contributed by atoms with van der Waals surface area (Å²) < 4.78 is 28.2. The van der Waals surface area contributed by atoms with E-state index >= 15 is 0 Å². The smallest absolute Gasteiger partial charge is 0.208 e. The van der Waals surface area contributed by atoms with Crippen molar-refractivity contribution in [1.82, 2.24) is 19.6 Å². The van der Waals surface area contributed by atoms with Crippen molar-refractivity contribution in [1.29, 1.82) is 0 Å². The van der Waals surface area contributed by atoms with Crippen LogP contribution in [0.5, 0.6) is 0 Å². The maximum Gasteiger partial charge on any atom is 0.208 e. The Morgan fingerprint density at radius 2 is 1.33 bits per heavy atom. The maximum absolute atomic E-state index is 6.79. The molecule has 1 fully saturated rings. The molecule has 6 rings (SSSR count). The molecule has 3 heterocycles. The van der Waals surface area contributed by atoms with Gasteiger partial charge in [-0.25, -0.2) is 14.5 Å². The van der Waals surface area contributed by atoms with Gasteiger partial charge in [-0.2, -0.15) is 0 Å². The lowest BCUT2D eigenvalue weighted by molar-refractivity contribution is -0.0898. The molecule has 4 atom stereocenters. The van der Waals surface area contributed by atoms with Gasteiger partial charge in [-0.1, -0.05) is 103 Å². The summed E-state index contributed by atoms with van der Waals surface area (Å²) in [5.41, 5.74) is 4.73. The van der Waals surface area contributed by atoms with E-state index in [0.717, 1.165) is 27.4 Å². The minimum absolute atomic E-state index is 0.341. The van der Waals surface area contributed by atoms with Crippen LogP contribution < -0.4 is 0 Å². The van der Waals surface area contributed by atoms with E-state index in [1.54, 1.807) is 11.8 Å². The Hall–Kier alpha value is -3.25. The van der Waals surface area contributed by atoms with Gasteiger partial charge in [-0.15, -0.1) is 16.9 Å². The van der Waals surface area contributed by atoms with E-state index in [9.17, 15) is 0 Å². The van der Waals surface area contributed by atoms with Crippen LogP contribution in [0.25, 0.3) is 5.65 Å². The van der Waals surface area contributed by atoms with Crippen LogP contribution in [-0.4, -0.2) is 57.0 Å². The molecule has 0 aliphatic carbocycles. The fourth-order valence-electron chi connectivity index (χ4n) is 5.16. The number of hydrogen-bond donors (Lipinski definition) is 0. The Morgan fingerprint density at radius 1 is 0.744 bits per heavy atom.